The Morgan fingerprint density at radius 3 is 1.86 bits per heavy atom. The SMILES string of the molecule is O=C1CSCC(=O)NCCSCCN1. The molecule has 1 saturated heterocycles. The number of rotatable bonds is 0. The highest BCUT2D eigenvalue weighted by Crippen LogP contribution is 2.01. The van der Waals surface area contributed by atoms with Gasteiger partial charge in [0.2, 0.25) is 11.8 Å². The van der Waals surface area contributed by atoms with E-state index in [1.165, 1.54) is 11.8 Å². The van der Waals surface area contributed by atoms with E-state index in [1.54, 1.807) is 11.8 Å². The topological polar surface area (TPSA) is 58.2 Å². The number of carbonyl (C=O) groups is 2. The van der Waals surface area contributed by atoms with Crippen molar-refractivity contribution in [1.29, 1.82) is 0 Å². The Hall–Kier alpha value is -0.360. The number of amides is 2. The fourth-order valence-corrected chi connectivity index (χ4v) is 2.34. The zero-order valence-electron chi connectivity index (χ0n) is 7.88. The maximum Gasteiger partial charge on any atom is 0.230 e. The van der Waals surface area contributed by atoms with Crippen LogP contribution in [0.15, 0.2) is 0 Å². The Balaban J connectivity index is 2.28. The lowest BCUT2D eigenvalue weighted by Gasteiger charge is -2.08. The van der Waals surface area contributed by atoms with E-state index in [0.29, 0.717) is 11.5 Å². The third-order valence-electron chi connectivity index (χ3n) is 1.60. The second-order valence-electron chi connectivity index (χ2n) is 2.81. The molecular formula is C8H14N2O2S2. The second kappa shape index (κ2) is 7.00. The maximum absolute atomic E-state index is 11.1. The first-order chi connectivity index (χ1) is 6.79. The van der Waals surface area contributed by atoms with E-state index in [2.05, 4.69) is 10.6 Å². The molecular weight excluding hydrogens is 220 g/mol. The highest BCUT2D eigenvalue weighted by Gasteiger charge is 2.06. The monoisotopic (exact) mass is 234 g/mol. The molecule has 6 heteroatoms. The fourth-order valence-electron chi connectivity index (χ4n) is 0.966. The van der Waals surface area contributed by atoms with Gasteiger partial charge in [0.05, 0.1) is 11.5 Å². The summed E-state index contributed by atoms with van der Waals surface area (Å²) in [5.74, 6) is 2.60. The van der Waals surface area contributed by atoms with Gasteiger partial charge in [-0.25, -0.2) is 0 Å². The molecule has 0 bridgehead atoms. The van der Waals surface area contributed by atoms with Crippen molar-refractivity contribution in [2.75, 3.05) is 36.1 Å². The highest BCUT2D eigenvalue weighted by molar-refractivity contribution is 8.00. The quantitative estimate of drug-likeness (QED) is 0.604. The van der Waals surface area contributed by atoms with Crippen LogP contribution in [0.3, 0.4) is 0 Å². The van der Waals surface area contributed by atoms with E-state index in [0.717, 1.165) is 24.6 Å². The summed E-state index contributed by atoms with van der Waals surface area (Å²) in [5.41, 5.74) is 0. The van der Waals surface area contributed by atoms with Crippen molar-refractivity contribution < 1.29 is 9.59 Å². The summed E-state index contributed by atoms with van der Waals surface area (Å²) < 4.78 is 0. The van der Waals surface area contributed by atoms with Gasteiger partial charge < -0.3 is 10.6 Å². The van der Waals surface area contributed by atoms with Gasteiger partial charge in [0, 0.05) is 24.6 Å². The van der Waals surface area contributed by atoms with E-state index in [9.17, 15) is 9.59 Å². The summed E-state index contributed by atoms with van der Waals surface area (Å²) >= 11 is 3.09. The molecule has 14 heavy (non-hydrogen) atoms. The van der Waals surface area contributed by atoms with E-state index >= 15 is 0 Å². The van der Waals surface area contributed by atoms with Gasteiger partial charge in [0.15, 0.2) is 0 Å². The highest BCUT2D eigenvalue weighted by atomic mass is 32.2. The van der Waals surface area contributed by atoms with Gasteiger partial charge in [-0.15, -0.1) is 11.8 Å². The molecule has 2 amide bonds. The molecule has 0 radical (unpaired) electrons. The Labute approximate surface area is 92.0 Å². The molecule has 0 aromatic heterocycles. The summed E-state index contributed by atoms with van der Waals surface area (Å²) in [6.45, 7) is 1.44. The Bertz CT molecular complexity index is 192. The molecule has 0 atom stereocenters. The molecule has 1 aliphatic rings. The van der Waals surface area contributed by atoms with Crippen molar-refractivity contribution in [2.45, 2.75) is 0 Å². The molecule has 0 saturated carbocycles. The molecule has 2 N–H and O–H groups in total. The molecule has 1 heterocycles. The van der Waals surface area contributed by atoms with Gasteiger partial charge in [0.1, 0.15) is 0 Å². The number of thioether (sulfide) groups is 2. The van der Waals surface area contributed by atoms with Gasteiger partial charge in [0.25, 0.3) is 0 Å². The van der Waals surface area contributed by atoms with Crippen LogP contribution in [0.25, 0.3) is 0 Å². The standard InChI is InChI=1S/C8H14N2O2S2/c11-7-5-14-6-8(12)10-2-4-13-3-1-9-7/h1-6H2,(H,9,11)(H,10,12). The molecule has 4 nitrogen and oxygen atoms in total. The molecule has 0 aromatic rings. The van der Waals surface area contributed by atoms with E-state index in [-0.39, 0.29) is 11.8 Å². The molecule has 1 fully saturated rings. The van der Waals surface area contributed by atoms with Gasteiger partial charge in [-0.3, -0.25) is 9.59 Å². The minimum atomic E-state index is 0.0176. The van der Waals surface area contributed by atoms with Crippen LogP contribution in [-0.2, 0) is 9.59 Å². The summed E-state index contributed by atoms with van der Waals surface area (Å²) in [6.07, 6.45) is 0. The minimum absolute atomic E-state index is 0.0176. The molecule has 0 spiro atoms. The lowest BCUT2D eigenvalue weighted by Crippen LogP contribution is -2.31. The first-order valence-corrected chi connectivity index (χ1v) is 6.79. The molecule has 0 aliphatic carbocycles. The number of hydrogen-bond donors (Lipinski definition) is 2. The van der Waals surface area contributed by atoms with Crippen molar-refractivity contribution >= 4 is 35.3 Å². The average Bonchev–Trinajstić information content (AvgIpc) is 2.14. The van der Waals surface area contributed by atoms with Gasteiger partial charge in [-0.2, -0.15) is 11.8 Å². The van der Waals surface area contributed by atoms with Crippen LogP contribution in [0.2, 0.25) is 0 Å². The van der Waals surface area contributed by atoms with Crippen LogP contribution < -0.4 is 10.6 Å². The summed E-state index contributed by atoms with van der Waals surface area (Å²) in [6, 6.07) is 0. The van der Waals surface area contributed by atoms with Gasteiger partial charge >= 0.3 is 0 Å². The Morgan fingerprint density at radius 1 is 0.857 bits per heavy atom. The molecule has 80 valence electrons. The zero-order valence-corrected chi connectivity index (χ0v) is 9.51. The average molecular weight is 234 g/mol. The predicted molar refractivity (Wildman–Crippen MR) is 60.7 cm³/mol. The summed E-state index contributed by atoms with van der Waals surface area (Å²) in [4.78, 5) is 22.3. The second-order valence-corrected chi connectivity index (χ2v) is 5.02. The first-order valence-electron chi connectivity index (χ1n) is 4.48. The van der Waals surface area contributed by atoms with Gasteiger partial charge in [-0.1, -0.05) is 0 Å². The van der Waals surface area contributed by atoms with Crippen molar-refractivity contribution in [3.63, 3.8) is 0 Å². The molecule has 1 aliphatic heterocycles. The number of nitrogens with one attached hydrogen (secondary N) is 2. The lowest BCUT2D eigenvalue weighted by atomic mass is 10.6. The number of carbonyl (C=O) groups excluding carboxylic acids is 2. The van der Waals surface area contributed by atoms with Crippen molar-refractivity contribution in [2.24, 2.45) is 0 Å². The number of hydrogen-bond acceptors (Lipinski definition) is 4. The van der Waals surface area contributed by atoms with Crippen LogP contribution in [0, 0.1) is 0 Å². The fraction of sp³-hybridized carbons (Fsp3) is 0.750. The molecule has 0 unspecified atom stereocenters. The molecule has 1 rings (SSSR count). The van der Waals surface area contributed by atoms with Crippen LogP contribution in [-0.4, -0.2) is 47.9 Å². The van der Waals surface area contributed by atoms with Crippen LogP contribution in [0.4, 0.5) is 0 Å². The van der Waals surface area contributed by atoms with E-state index < -0.39 is 0 Å². The van der Waals surface area contributed by atoms with Crippen LogP contribution >= 0.6 is 23.5 Å². The largest absolute Gasteiger partial charge is 0.355 e. The smallest absolute Gasteiger partial charge is 0.230 e. The Morgan fingerprint density at radius 2 is 1.36 bits per heavy atom. The van der Waals surface area contributed by atoms with E-state index in [4.69, 9.17) is 0 Å². The molecule has 0 aromatic carbocycles. The normalized spacial score (nSPS) is 21.4. The van der Waals surface area contributed by atoms with Crippen molar-refractivity contribution in [3.05, 3.63) is 0 Å². The van der Waals surface area contributed by atoms with Gasteiger partial charge in [-0.05, 0) is 0 Å². The maximum atomic E-state index is 11.1. The zero-order chi connectivity index (χ0) is 10.2. The predicted octanol–water partition coefficient (Wildman–Crippen LogP) is -0.301. The third kappa shape index (κ3) is 5.39. The minimum Gasteiger partial charge on any atom is -0.355 e. The lowest BCUT2D eigenvalue weighted by molar-refractivity contribution is -0.118. The third-order valence-corrected chi connectivity index (χ3v) is 3.52. The first kappa shape index (κ1) is 11.7. The summed E-state index contributed by atoms with van der Waals surface area (Å²) in [5, 5.41) is 5.61. The Kier molecular flexibility index (Phi) is 5.86. The summed E-state index contributed by atoms with van der Waals surface area (Å²) in [7, 11) is 0. The van der Waals surface area contributed by atoms with E-state index in [1.807, 2.05) is 0 Å². The van der Waals surface area contributed by atoms with Crippen molar-refractivity contribution in [1.82, 2.24) is 10.6 Å². The van der Waals surface area contributed by atoms with Crippen LogP contribution in [0.1, 0.15) is 0 Å². The van der Waals surface area contributed by atoms with Crippen LogP contribution in [0.5, 0.6) is 0 Å². The van der Waals surface area contributed by atoms with Crippen molar-refractivity contribution in [3.8, 4) is 0 Å².